The molecule has 9 nitrogen and oxygen atoms in total. The van der Waals surface area contributed by atoms with E-state index in [1.807, 2.05) is 49.3 Å². The van der Waals surface area contributed by atoms with Crippen LogP contribution in [0.5, 0.6) is 0 Å². The molecule has 32 heavy (non-hydrogen) atoms. The van der Waals surface area contributed by atoms with E-state index in [-0.39, 0.29) is 53.1 Å². The molecule has 2 aromatic carbocycles. The van der Waals surface area contributed by atoms with Gasteiger partial charge in [-0.1, -0.05) is 24.3 Å². The molecule has 0 saturated carbocycles. The van der Waals surface area contributed by atoms with Gasteiger partial charge in [0.1, 0.15) is 22.4 Å². The van der Waals surface area contributed by atoms with Gasteiger partial charge >= 0.3 is 29.6 Å². The smallest absolute Gasteiger partial charge is 0.744 e. The van der Waals surface area contributed by atoms with Crippen molar-refractivity contribution >= 4 is 39.2 Å². The third-order valence-corrected chi connectivity index (χ3v) is 5.34. The number of carbonyl (C=O) groups is 1. The van der Waals surface area contributed by atoms with Crippen LogP contribution in [0, 0.1) is 0 Å². The third kappa shape index (κ3) is 6.14. The van der Waals surface area contributed by atoms with Crippen molar-refractivity contribution in [3.63, 3.8) is 0 Å². The van der Waals surface area contributed by atoms with Gasteiger partial charge in [0.15, 0.2) is 0 Å². The third-order valence-electron chi connectivity index (χ3n) is 4.49. The quantitative estimate of drug-likeness (QED) is 0.192. The summed E-state index contributed by atoms with van der Waals surface area (Å²) in [4.78, 5) is 18.5. The summed E-state index contributed by atoms with van der Waals surface area (Å²) in [5.74, 6) is -0.489. The number of hydrogen-bond donors (Lipinski definition) is 1. The van der Waals surface area contributed by atoms with Crippen molar-refractivity contribution in [2.45, 2.75) is 4.90 Å². The monoisotopic (exact) mass is 465 g/mol. The number of benzene rings is 2. The molecule has 0 radical (unpaired) electrons. The first-order valence-electron chi connectivity index (χ1n) is 9.11. The fourth-order valence-corrected chi connectivity index (χ4v) is 3.33. The van der Waals surface area contributed by atoms with Crippen LogP contribution in [-0.4, -0.2) is 50.5 Å². The number of allylic oxidation sites excluding steroid dienone is 2. The standard InChI is InChI=1S/C21H21N3O6S.Na/c1-23(2)16-8-6-15(7-9-16)4-3-5-19-20(14-30-26)22-24(21(19)25)17-10-12-18(13-11-17)31(27,28)29;/h3-13,26H,14H2,1-2H3,(H,27,28,29);/q;+1/p-1/b4-3+,19-5+;. The Hall–Kier alpha value is -2.31. The Morgan fingerprint density at radius 2 is 1.75 bits per heavy atom. The summed E-state index contributed by atoms with van der Waals surface area (Å²) >= 11 is 0. The first-order chi connectivity index (χ1) is 14.7. The second kappa shape index (κ2) is 11.0. The first-order valence-corrected chi connectivity index (χ1v) is 10.5. The van der Waals surface area contributed by atoms with Gasteiger partial charge in [0.2, 0.25) is 0 Å². The largest absolute Gasteiger partial charge is 1.00 e. The SMILES string of the molecule is CN(C)c1ccc(/C=C/C=C2/C(=O)N(c3ccc(S(=O)(=O)[O-])cc3)N=C2COO)cc1.[Na+]. The Morgan fingerprint density at radius 1 is 1.12 bits per heavy atom. The minimum atomic E-state index is -4.60. The van der Waals surface area contributed by atoms with E-state index in [9.17, 15) is 17.8 Å². The van der Waals surface area contributed by atoms with Gasteiger partial charge in [0.05, 0.1) is 16.2 Å². The van der Waals surface area contributed by atoms with Gasteiger partial charge in [-0.15, -0.1) is 0 Å². The number of rotatable bonds is 7. The summed E-state index contributed by atoms with van der Waals surface area (Å²) in [6, 6.07) is 12.6. The van der Waals surface area contributed by atoms with Gasteiger partial charge in [-0.2, -0.15) is 10.1 Å². The summed E-state index contributed by atoms with van der Waals surface area (Å²) in [6.07, 6.45) is 5.05. The Morgan fingerprint density at radius 3 is 2.28 bits per heavy atom. The molecule has 0 fully saturated rings. The molecule has 0 spiro atoms. The number of anilines is 2. The summed E-state index contributed by atoms with van der Waals surface area (Å²) in [7, 11) is -0.701. The molecular formula is C21H20N3NaO6S. The predicted octanol–water partition coefficient (Wildman–Crippen LogP) is -0.507. The molecule has 0 atom stereocenters. The summed E-state index contributed by atoms with van der Waals surface area (Å²) in [5, 5.41) is 14.0. The fourth-order valence-electron chi connectivity index (χ4n) is 2.86. The summed E-state index contributed by atoms with van der Waals surface area (Å²) < 4.78 is 33.2. The molecule has 1 aliphatic heterocycles. The molecule has 0 unspecified atom stereocenters. The number of carbonyl (C=O) groups excluding carboxylic acids is 1. The maximum Gasteiger partial charge on any atom is 1.00 e. The molecular weight excluding hydrogens is 445 g/mol. The average Bonchev–Trinajstić information content (AvgIpc) is 3.04. The maximum absolute atomic E-state index is 12.8. The molecule has 1 aliphatic rings. The maximum atomic E-state index is 12.8. The van der Waals surface area contributed by atoms with E-state index >= 15 is 0 Å². The molecule has 0 saturated heterocycles. The Bertz CT molecular complexity index is 1160. The summed E-state index contributed by atoms with van der Waals surface area (Å²) in [6.45, 7) is -0.313. The van der Waals surface area contributed by atoms with Crippen molar-refractivity contribution in [3.8, 4) is 0 Å². The van der Waals surface area contributed by atoms with Crippen LogP contribution in [0.1, 0.15) is 5.56 Å². The molecule has 0 aromatic heterocycles. The van der Waals surface area contributed by atoms with Crippen molar-refractivity contribution in [1.82, 2.24) is 0 Å². The minimum Gasteiger partial charge on any atom is -0.744 e. The predicted molar refractivity (Wildman–Crippen MR) is 116 cm³/mol. The van der Waals surface area contributed by atoms with E-state index in [1.54, 1.807) is 12.2 Å². The van der Waals surface area contributed by atoms with Crippen LogP contribution >= 0.6 is 0 Å². The van der Waals surface area contributed by atoms with Crippen LogP contribution in [0.2, 0.25) is 0 Å². The van der Waals surface area contributed by atoms with E-state index in [4.69, 9.17) is 5.26 Å². The van der Waals surface area contributed by atoms with Crippen LogP contribution < -0.4 is 39.5 Å². The van der Waals surface area contributed by atoms with Crippen LogP contribution in [0.25, 0.3) is 6.08 Å². The van der Waals surface area contributed by atoms with Gasteiger partial charge in [-0.25, -0.2) is 13.3 Å². The zero-order valence-corrected chi connectivity index (χ0v) is 20.6. The molecule has 0 bridgehead atoms. The topological polar surface area (TPSA) is 123 Å². The number of amides is 1. The van der Waals surface area contributed by atoms with Gasteiger partial charge in [-0.05, 0) is 48.0 Å². The zero-order valence-electron chi connectivity index (χ0n) is 17.8. The Balaban J connectivity index is 0.00000363. The normalized spacial score (nSPS) is 15.2. The van der Waals surface area contributed by atoms with Crippen molar-refractivity contribution < 1.29 is 57.5 Å². The van der Waals surface area contributed by atoms with Crippen LogP contribution in [0.3, 0.4) is 0 Å². The van der Waals surface area contributed by atoms with Gasteiger partial charge < -0.3 is 9.45 Å². The number of hydrogen-bond acceptors (Lipinski definition) is 8. The fraction of sp³-hybridized carbons (Fsp3) is 0.143. The molecule has 11 heteroatoms. The van der Waals surface area contributed by atoms with Gasteiger partial charge in [-0.3, -0.25) is 10.1 Å². The molecule has 162 valence electrons. The van der Waals surface area contributed by atoms with E-state index in [0.29, 0.717) is 0 Å². The van der Waals surface area contributed by atoms with E-state index in [0.717, 1.165) is 28.4 Å². The summed E-state index contributed by atoms with van der Waals surface area (Å²) in [5.41, 5.74) is 2.65. The second-order valence-corrected chi connectivity index (χ2v) is 8.19. The van der Waals surface area contributed by atoms with E-state index in [1.165, 1.54) is 12.1 Å². The van der Waals surface area contributed by atoms with Crippen molar-refractivity contribution in [2.75, 3.05) is 30.6 Å². The van der Waals surface area contributed by atoms with Crippen LogP contribution in [-0.2, 0) is 19.8 Å². The molecule has 1 heterocycles. The molecule has 1 amide bonds. The number of nitrogens with zero attached hydrogens (tertiary/aromatic N) is 3. The van der Waals surface area contributed by atoms with Gasteiger partial charge in [0.25, 0.3) is 5.91 Å². The zero-order chi connectivity index (χ0) is 22.6. The first kappa shape index (κ1) is 25.9. The van der Waals surface area contributed by atoms with Gasteiger partial charge in [0, 0.05) is 19.8 Å². The minimum absolute atomic E-state index is 0. The number of hydrazone groups is 1. The van der Waals surface area contributed by atoms with Crippen molar-refractivity contribution in [2.24, 2.45) is 5.10 Å². The van der Waals surface area contributed by atoms with E-state index in [2.05, 4.69) is 9.99 Å². The van der Waals surface area contributed by atoms with Crippen molar-refractivity contribution in [1.29, 1.82) is 0 Å². The Kier molecular flexibility index (Phi) is 8.93. The molecule has 1 N–H and O–H groups in total. The molecule has 0 aliphatic carbocycles. The molecule has 3 rings (SSSR count). The second-order valence-electron chi connectivity index (χ2n) is 6.81. The molecule has 2 aromatic rings. The van der Waals surface area contributed by atoms with Crippen molar-refractivity contribution in [3.05, 3.63) is 71.8 Å². The Labute approximate surface area is 208 Å². The van der Waals surface area contributed by atoms with Crippen LogP contribution in [0.4, 0.5) is 11.4 Å². The van der Waals surface area contributed by atoms with E-state index < -0.39 is 20.9 Å². The average molecular weight is 465 g/mol. The van der Waals surface area contributed by atoms with Crippen LogP contribution in [0.15, 0.2) is 76.3 Å².